The number of hydrogen-bond acceptors (Lipinski definition) is 4. The zero-order valence-corrected chi connectivity index (χ0v) is 9.98. The summed E-state index contributed by atoms with van der Waals surface area (Å²) < 4.78 is 5.37. The molecule has 4 heteroatoms. The van der Waals surface area contributed by atoms with Crippen LogP contribution in [0.5, 0.6) is 0 Å². The van der Waals surface area contributed by atoms with Gasteiger partial charge in [-0.3, -0.25) is 0 Å². The van der Waals surface area contributed by atoms with Crippen LogP contribution in [0.3, 0.4) is 0 Å². The van der Waals surface area contributed by atoms with E-state index in [-0.39, 0.29) is 0 Å². The lowest BCUT2D eigenvalue weighted by Gasteiger charge is -2.02. The Morgan fingerprint density at radius 1 is 1.60 bits per heavy atom. The maximum Gasteiger partial charge on any atom is 0.0935 e. The van der Waals surface area contributed by atoms with Crippen LogP contribution < -0.4 is 5.73 Å². The Kier molecular flexibility index (Phi) is 3.72. The molecule has 0 radical (unpaired) electrons. The van der Waals surface area contributed by atoms with E-state index >= 15 is 0 Å². The second kappa shape index (κ2) is 5.05. The van der Waals surface area contributed by atoms with Gasteiger partial charge in [0.05, 0.1) is 10.7 Å². The fraction of sp³-hybridized carbons (Fsp3) is 0.727. The van der Waals surface area contributed by atoms with Crippen LogP contribution in [-0.2, 0) is 24.1 Å². The molecular weight excluding hydrogens is 208 g/mol. The number of aromatic nitrogens is 1. The van der Waals surface area contributed by atoms with Crippen LogP contribution in [0, 0.1) is 5.92 Å². The molecule has 15 heavy (non-hydrogen) atoms. The van der Waals surface area contributed by atoms with Gasteiger partial charge < -0.3 is 10.5 Å². The maximum atomic E-state index is 5.69. The number of nitrogens with zero attached hydrogens (tertiary/aromatic N) is 1. The van der Waals surface area contributed by atoms with Crippen molar-refractivity contribution in [3.05, 3.63) is 15.6 Å². The zero-order valence-electron chi connectivity index (χ0n) is 9.16. The van der Waals surface area contributed by atoms with Crippen LogP contribution in [0.4, 0.5) is 0 Å². The Hall–Kier alpha value is -0.450. The number of rotatable bonds is 4. The molecule has 2 rings (SSSR count). The van der Waals surface area contributed by atoms with E-state index in [0.29, 0.717) is 12.5 Å². The zero-order chi connectivity index (χ0) is 10.7. The molecular formula is C11H18N2OS. The minimum atomic E-state index is 0.627. The molecule has 1 aliphatic rings. The third-order valence-corrected chi connectivity index (χ3v) is 3.97. The van der Waals surface area contributed by atoms with Gasteiger partial charge in [-0.05, 0) is 18.8 Å². The summed E-state index contributed by atoms with van der Waals surface area (Å²) in [6.45, 7) is 4.58. The first-order valence-electron chi connectivity index (χ1n) is 5.58. The monoisotopic (exact) mass is 226 g/mol. The summed E-state index contributed by atoms with van der Waals surface area (Å²) in [5.74, 6) is 0.673. The van der Waals surface area contributed by atoms with Crippen molar-refractivity contribution in [1.82, 2.24) is 4.98 Å². The van der Waals surface area contributed by atoms with E-state index in [1.807, 2.05) is 0 Å². The molecule has 1 unspecified atom stereocenters. The van der Waals surface area contributed by atoms with Gasteiger partial charge >= 0.3 is 0 Å². The average Bonchev–Trinajstić information content (AvgIpc) is 2.87. The first kappa shape index (κ1) is 11.0. The van der Waals surface area contributed by atoms with Crippen molar-refractivity contribution in [3.8, 4) is 0 Å². The Morgan fingerprint density at radius 2 is 2.47 bits per heavy atom. The van der Waals surface area contributed by atoms with E-state index in [4.69, 9.17) is 10.5 Å². The molecule has 0 aliphatic carbocycles. The highest BCUT2D eigenvalue weighted by Crippen LogP contribution is 2.24. The van der Waals surface area contributed by atoms with E-state index in [2.05, 4.69) is 11.9 Å². The molecule has 1 fully saturated rings. The minimum Gasteiger partial charge on any atom is -0.381 e. The van der Waals surface area contributed by atoms with Crippen LogP contribution in [0.2, 0.25) is 0 Å². The summed E-state index contributed by atoms with van der Waals surface area (Å²) in [4.78, 5) is 5.90. The van der Waals surface area contributed by atoms with Gasteiger partial charge in [-0.15, -0.1) is 11.3 Å². The lowest BCUT2D eigenvalue weighted by atomic mass is 10.1. The molecule has 0 aromatic carbocycles. The van der Waals surface area contributed by atoms with Gasteiger partial charge in [-0.2, -0.15) is 0 Å². The summed E-state index contributed by atoms with van der Waals surface area (Å²) in [5, 5.41) is 1.24. The summed E-state index contributed by atoms with van der Waals surface area (Å²) in [6.07, 6.45) is 3.24. The van der Waals surface area contributed by atoms with Gasteiger partial charge in [-0.25, -0.2) is 4.98 Å². The largest absolute Gasteiger partial charge is 0.381 e. The predicted molar refractivity (Wildman–Crippen MR) is 62.0 cm³/mol. The first-order chi connectivity index (χ1) is 7.33. The predicted octanol–water partition coefficient (Wildman–Crippen LogP) is 1.74. The molecule has 1 saturated heterocycles. The SMILES string of the molecule is CCc1nc(CC2CCOC2)sc1CN. The molecule has 84 valence electrons. The molecule has 3 nitrogen and oxygen atoms in total. The van der Waals surface area contributed by atoms with E-state index in [9.17, 15) is 0 Å². The summed E-state index contributed by atoms with van der Waals surface area (Å²) in [6, 6.07) is 0. The van der Waals surface area contributed by atoms with Crippen molar-refractivity contribution in [2.75, 3.05) is 13.2 Å². The van der Waals surface area contributed by atoms with Gasteiger partial charge in [0.15, 0.2) is 0 Å². The van der Waals surface area contributed by atoms with Gasteiger partial charge in [0.1, 0.15) is 0 Å². The highest BCUT2D eigenvalue weighted by Gasteiger charge is 2.18. The summed E-state index contributed by atoms with van der Waals surface area (Å²) >= 11 is 1.78. The molecule has 1 aromatic rings. The van der Waals surface area contributed by atoms with E-state index in [0.717, 1.165) is 26.1 Å². The number of nitrogens with two attached hydrogens (primary N) is 1. The fourth-order valence-corrected chi connectivity index (χ4v) is 3.10. The van der Waals surface area contributed by atoms with Crippen molar-refractivity contribution in [1.29, 1.82) is 0 Å². The number of aryl methyl sites for hydroxylation is 1. The van der Waals surface area contributed by atoms with Crippen molar-refractivity contribution in [2.45, 2.75) is 32.7 Å². The second-order valence-electron chi connectivity index (χ2n) is 3.97. The van der Waals surface area contributed by atoms with Gasteiger partial charge in [0.25, 0.3) is 0 Å². The molecule has 0 amide bonds. The van der Waals surface area contributed by atoms with E-state index < -0.39 is 0 Å². The molecule has 1 aromatic heterocycles. The fourth-order valence-electron chi connectivity index (χ4n) is 1.95. The quantitative estimate of drug-likeness (QED) is 0.850. The normalized spacial score (nSPS) is 21.1. The Morgan fingerprint density at radius 3 is 3.00 bits per heavy atom. The van der Waals surface area contributed by atoms with Crippen molar-refractivity contribution < 1.29 is 4.74 Å². The van der Waals surface area contributed by atoms with Crippen LogP contribution >= 0.6 is 11.3 Å². The van der Waals surface area contributed by atoms with Gasteiger partial charge in [0.2, 0.25) is 0 Å². The number of thiazole rings is 1. The number of ether oxygens (including phenoxy) is 1. The first-order valence-corrected chi connectivity index (χ1v) is 6.40. The lowest BCUT2D eigenvalue weighted by Crippen LogP contribution is -2.03. The summed E-state index contributed by atoms with van der Waals surface area (Å²) in [5.41, 5.74) is 6.88. The molecule has 0 bridgehead atoms. The lowest BCUT2D eigenvalue weighted by molar-refractivity contribution is 0.186. The Labute approximate surface area is 94.7 Å². The highest BCUT2D eigenvalue weighted by atomic mass is 32.1. The Bertz CT molecular complexity index is 297. The minimum absolute atomic E-state index is 0.627. The molecule has 2 N–H and O–H groups in total. The second-order valence-corrected chi connectivity index (χ2v) is 5.14. The van der Waals surface area contributed by atoms with Crippen molar-refractivity contribution in [3.63, 3.8) is 0 Å². The smallest absolute Gasteiger partial charge is 0.0935 e. The molecule has 2 heterocycles. The van der Waals surface area contributed by atoms with Crippen molar-refractivity contribution >= 4 is 11.3 Å². The topological polar surface area (TPSA) is 48.1 Å². The third-order valence-electron chi connectivity index (χ3n) is 2.83. The van der Waals surface area contributed by atoms with Gasteiger partial charge in [-0.1, -0.05) is 6.92 Å². The van der Waals surface area contributed by atoms with Crippen molar-refractivity contribution in [2.24, 2.45) is 11.7 Å². The average molecular weight is 226 g/mol. The van der Waals surface area contributed by atoms with Crippen LogP contribution in [0.15, 0.2) is 0 Å². The van der Waals surface area contributed by atoms with Crippen LogP contribution in [-0.4, -0.2) is 18.2 Å². The van der Waals surface area contributed by atoms with Crippen LogP contribution in [0.25, 0.3) is 0 Å². The molecule has 0 saturated carbocycles. The van der Waals surface area contributed by atoms with Gasteiger partial charge in [0, 0.05) is 31.1 Å². The standard InChI is InChI=1S/C11H18N2OS/c1-2-9-10(6-12)15-11(13-9)5-8-3-4-14-7-8/h8H,2-7,12H2,1H3. The van der Waals surface area contributed by atoms with E-state index in [1.54, 1.807) is 11.3 Å². The summed E-state index contributed by atoms with van der Waals surface area (Å²) in [7, 11) is 0. The van der Waals surface area contributed by atoms with Crippen LogP contribution in [0.1, 0.15) is 28.9 Å². The maximum absolute atomic E-state index is 5.69. The highest BCUT2D eigenvalue weighted by molar-refractivity contribution is 7.11. The number of hydrogen-bond donors (Lipinski definition) is 1. The Balaban J connectivity index is 2.04. The third kappa shape index (κ3) is 2.56. The molecule has 1 atom stereocenters. The van der Waals surface area contributed by atoms with E-state index in [1.165, 1.54) is 22.0 Å². The molecule has 1 aliphatic heterocycles. The molecule has 0 spiro atoms.